The zero-order valence-corrected chi connectivity index (χ0v) is 15.6. The second-order valence-corrected chi connectivity index (χ2v) is 7.23. The molecule has 26 heavy (non-hydrogen) atoms. The Morgan fingerprint density at radius 1 is 1.27 bits per heavy atom. The maximum Gasteiger partial charge on any atom is 0.316 e. The van der Waals surface area contributed by atoms with E-state index in [1.165, 1.54) is 0 Å². The van der Waals surface area contributed by atoms with E-state index in [1.807, 2.05) is 41.9 Å². The molecule has 1 unspecified atom stereocenters. The van der Waals surface area contributed by atoms with Crippen LogP contribution in [-0.2, 0) is 16.6 Å². The molecule has 1 saturated heterocycles. The Balaban J connectivity index is 1.48. The number of imidazole rings is 1. The molecule has 3 aromatic rings. The van der Waals surface area contributed by atoms with Gasteiger partial charge in [-0.3, -0.25) is 9.59 Å². The first kappa shape index (κ1) is 16.8. The van der Waals surface area contributed by atoms with Gasteiger partial charge in [0.05, 0.1) is 23.3 Å². The average molecular weight is 414 g/mol. The van der Waals surface area contributed by atoms with Crippen molar-refractivity contribution in [2.75, 3.05) is 11.4 Å². The van der Waals surface area contributed by atoms with Crippen LogP contribution in [0.5, 0.6) is 5.75 Å². The van der Waals surface area contributed by atoms with Crippen molar-refractivity contribution in [3.63, 3.8) is 0 Å². The minimum absolute atomic E-state index is 0.0785. The zero-order chi connectivity index (χ0) is 18.3. The monoisotopic (exact) mass is 413 g/mol. The lowest BCUT2D eigenvalue weighted by Gasteiger charge is -2.16. The fourth-order valence-electron chi connectivity index (χ4n) is 3.14. The highest BCUT2D eigenvalue weighted by Gasteiger charge is 2.36. The molecule has 7 heteroatoms. The fourth-order valence-corrected chi connectivity index (χ4v) is 3.53. The van der Waals surface area contributed by atoms with E-state index < -0.39 is 11.9 Å². The first-order valence-corrected chi connectivity index (χ1v) is 8.99. The van der Waals surface area contributed by atoms with Gasteiger partial charge in [0.15, 0.2) is 0 Å². The van der Waals surface area contributed by atoms with Gasteiger partial charge < -0.3 is 14.2 Å². The normalized spacial score (nSPS) is 17.1. The summed E-state index contributed by atoms with van der Waals surface area (Å²) < 4.78 is 8.28. The van der Waals surface area contributed by atoms with Crippen LogP contribution in [0.25, 0.3) is 11.0 Å². The van der Waals surface area contributed by atoms with Crippen LogP contribution in [-0.4, -0.2) is 28.0 Å². The summed E-state index contributed by atoms with van der Waals surface area (Å²) in [5.74, 6) is -0.521. The molecule has 1 fully saturated rings. The van der Waals surface area contributed by atoms with Gasteiger partial charge in [-0.1, -0.05) is 22.0 Å². The number of rotatable bonds is 3. The van der Waals surface area contributed by atoms with Crippen molar-refractivity contribution in [2.45, 2.75) is 6.42 Å². The molecule has 1 aromatic heterocycles. The Morgan fingerprint density at radius 2 is 2.12 bits per heavy atom. The van der Waals surface area contributed by atoms with Crippen LogP contribution in [0.4, 0.5) is 5.69 Å². The largest absolute Gasteiger partial charge is 0.426 e. The SMILES string of the molecule is Cn1cnc2cc(OC(=O)C3CC(=O)N(c4cccc(Br)c4)C3)ccc21. The predicted molar refractivity (Wildman–Crippen MR) is 101 cm³/mol. The van der Waals surface area contributed by atoms with Crippen molar-refractivity contribution in [2.24, 2.45) is 13.0 Å². The third kappa shape index (κ3) is 3.10. The second-order valence-electron chi connectivity index (χ2n) is 6.31. The van der Waals surface area contributed by atoms with Gasteiger partial charge in [0, 0.05) is 36.2 Å². The average Bonchev–Trinajstić information content (AvgIpc) is 3.18. The molecule has 0 saturated carbocycles. The van der Waals surface area contributed by atoms with E-state index in [4.69, 9.17) is 4.74 Å². The number of aryl methyl sites for hydroxylation is 1. The second kappa shape index (κ2) is 6.57. The van der Waals surface area contributed by atoms with E-state index in [0.29, 0.717) is 12.3 Å². The molecule has 2 heterocycles. The number of hydrogen-bond acceptors (Lipinski definition) is 4. The number of halogens is 1. The first-order valence-electron chi connectivity index (χ1n) is 8.20. The van der Waals surface area contributed by atoms with Crippen LogP contribution in [0.2, 0.25) is 0 Å². The van der Waals surface area contributed by atoms with Crippen molar-refractivity contribution in [1.82, 2.24) is 9.55 Å². The number of carbonyl (C=O) groups is 2. The Labute approximate surface area is 158 Å². The lowest BCUT2D eigenvalue weighted by molar-refractivity contribution is -0.139. The van der Waals surface area contributed by atoms with E-state index in [9.17, 15) is 9.59 Å². The van der Waals surface area contributed by atoms with Gasteiger partial charge >= 0.3 is 5.97 Å². The topological polar surface area (TPSA) is 64.4 Å². The molecular formula is C19H16BrN3O3. The van der Waals surface area contributed by atoms with Crippen LogP contribution in [0, 0.1) is 5.92 Å². The van der Waals surface area contributed by atoms with Crippen molar-refractivity contribution >= 4 is 44.5 Å². The molecule has 132 valence electrons. The summed E-state index contributed by atoms with van der Waals surface area (Å²) in [6.07, 6.45) is 1.86. The molecule has 0 aliphatic carbocycles. The predicted octanol–water partition coefficient (Wildman–Crippen LogP) is 3.29. The lowest BCUT2D eigenvalue weighted by Crippen LogP contribution is -2.27. The van der Waals surface area contributed by atoms with E-state index in [0.717, 1.165) is 21.2 Å². The standard InChI is InChI=1S/C19H16BrN3O3/c1-22-11-21-16-9-15(5-6-17(16)22)26-19(25)12-7-18(24)23(10-12)14-4-2-3-13(20)8-14/h2-6,8-9,11-12H,7,10H2,1H3. The number of fused-ring (bicyclic) bond motifs is 1. The number of esters is 1. The van der Waals surface area contributed by atoms with Gasteiger partial charge in [-0.25, -0.2) is 4.98 Å². The van der Waals surface area contributed by atoms with Gasteiger partial charge in [-0.15, -0.1) is 0 Å². The molecule has 4 rings (SSSR count). The Bertz CT molecular complexity index is 1010. The third-order valence-electron chi connectivity index (χ3n) is 4.49. The highest BCUT2D eigenvalue weighted by atomic mass is 79.9. The number of anilines is 1. The Kier molecular flexibility index (Phi) is 4.24. The Hall–Kier alpha value is -2.67. The van der Waals surface area contributed by atoms with E-state index >= 15 is 0 Å². The van der Waals surface area contributed by atoms with Crippen LogP contribution in [0.1, 0.15) is 6.42 Å². The number of aromatic nitrogens is 2. The van der Waals surface area contributed by atoms with Crippen LogP contribution < -0.4 is 9.64 Å². The maximum absolute atomic E-state index is 12.5. The summed E-state index contributed by atoms with van der Waals surface area (Å²) in [5, 5.41) is 0. The molecule has 0 bridgehead atoms. The maximum atomic E-state index is 12.5. The molecule has 0 spiro atoms. The molecule has 6 nitrogen and oxygen atoms in total. The summed E-state index contributed by atoms with van der Waals surface area (Å²) in [4.78, 5) is 30.7. The van der Waals surface area contributed by atoms with Gasteiger partial charge in [-0.2, -0.15) is 0 Å². The molecule has 1 atom stereocenters. The third-order valence-corrected chi connectivity index (χ3v) is 4.99. The van der Waals surface area contributed by atoms with Crippen LogP contribution in [0.15, 0.2) is 53.3 Å². The number of hydrogen-bond donors (Lipinski definition) is 0. The van der Waals surface area contributed by atoms with Crippen molar-refractivity contribution in [3.05, 3.63) is 53.3 Å². The van der Waals surface area contributed by atoms with E-state index in [2.05, 4.69) is 20.9 Å². The van der Waals surface area contributed by atoms with Crippen LogP contribution >= 0.6 is 15.9 Å². The minimum atomic E-state index is -0.485. The number of amides is 1. The minimum Gasteiger partial charge on any atom is -0.426 e. The van der Waals surface area contributed by atoms with Gasteiger partial charge in [0.25, 0.3) is 0 Å². The number of carbonyl (C=O) groups excluding carboxylic acids is 2. The Morgan fingerprint density at radius 3 is 2.92 bits per heavy atom. The van der Waals surface area contributed by atoms with Crippen molar-refractivity contribution in [3.8, 4) is 5.75 Å². The molecule has 0 N–H and O–H groups in total. The molecule has 0 radical (unpaired) electrons. The van der Waals surface area contributed by atoms with Gasteiger partial charge in [0.2, 0.25) is 5.91 Å². The zero-order valence-electron chi connectivity index (χ0n) is 14.1. The highest BCUT2D eigenvalue weighted by molar-refractivity contribution is 9.10. The molecular weight excluding hydrogens is 398 g/mol. The summed E-state index contributed by atoms with van der Waals surface area (Å²) >= 11 is 3.40. The summed E-state index contributed by atoms with van der Waals surface area (Å²) in [5.41, 5.74) is 2.49. The van der Waals surface area contributed by atoms with Crippen molar-refractivity contribution < 1.29 is 14.3 Å². The summed E-state index contributed by atoms with van der Waals surface area (Å²) in [6, 6.07) is 12.8. The molecule has 1 aliphatic heterocycles. The number of ether oxygens (including phenoxy) is 1. The van der Waals surface area contributed by atoms with E-state index in [1.54, 1.807) is 23.4 Å². The molecule has 1 amide bonds. The summed E-state index contributed by atoms with van der Waals surface area (Å²) in [7, 11) is 1.90. The fraction of sp³-hybridized carbons (Fsp3) is 0.211. The summed E-state index contributed by atoms with van der Waals surface area (Å²) in [6.45, 7) is 0.319. The molecule has 2 aromatic carbocycles. The number of benzene rings is 2. The van der Waals surface area contributed by atoms with Gasteiger partial charge in [-0.05, 0) is 30.3 Å². The van der Waals surface area contributed by atoms with E-state index in [-0.39, 0.29) is 12.3 Å². The first-order chi connectivity index (χ1) is 12.5. The highest BCUT2D eigenvalue weighted by Crippen LogP contribution is 2.28. The molecule has 1 aliphatic rings. The lowest BCUT2D eigenvalue weighted by atomic mass is 10.1. The smallest absolute Gasteiger partial charge is 0.316 e. The van der Waals surface area contributed by atoms with Gasteiger partial charge in [0.1, 0.15) is 5.75 Å². The van der Waals surface area contributed by atoms with Crippen molar-refractivity contribution in [1.29, 1.82) is 0 Å². The number of nitrogens with zero attached hydrogens (tertiary/aromatic N) is 3. The quantitative estimate of drug-likeness (QED) is 0.488. The van der Waals surface area contributed by atoms with Crippen LogP contribution in [0.3, 0.4) is 0 Å².